The van der Waals surface area contributed by atoms with Crippen LogP contribution in [0, 0.1) is 5.92 Å². The lowest BCUT2D eigenvalue weighted by molar-refractivity contribution is -0.159. The van der Waals surface area contributed by atoms with Gasteiger partial charge in [-0.2, -0.15) is 0 Å². The highest BCUT2D eigenvalue weighted by Crippen LogP contribution is 2.58. The van der Waals surface area contributed by atoms with Crippen molar-refractivity contribution < 1.29 is 23.9 Å². The summed E-state index contributed by atoms with van der Waals surface area (Å²) in [5.41, 5.74) is 6.77. The summed E-state index contributed by atoms with van der Waals surface area (Å²) in [5.74, 6) is -1.12. The Morgan fingerprint density at radius 3 is 2.42 bits per heavy atom. The lowest BCUT2D eigenvalue weighted by Crippen LogP contribution is -2.45. The second kappa shape index (κ2) is 7.79. The molecule has 1 aromatic carbocycles. The molecule has 0 spiro atoms. The van der Waals surface area contributed by atoms with Gasteiger partial charge in [0.15, 0.2) is 0 Å². The van der Waals surface area contributed by atoms with Crippen LogP contribution in [0.3, 0.4) is 0 Å². The van der Waals surface area contributed by atoms with Gasteiger partial charge in [0.2, 0.25) is 5.34 Å². The van der Waals surface area contributed by atoms with Crippen LogP contribution in [0.15, 0.2) is 30.3 Å². The number of nitrogens with two attached hydrogens (primary N) is 1. The van der Waals surface area contributed by atoms with Crippen LogP contribution in [0.5, 0.6) is 0 Å². The molecule has 6 nitrogen and oxygen atoms in total. The molecule has 1 aliphatic carbocycles. The third-order valence-electron chi connectivity index (χ3n) is 4.85. The van der Waals surface area contributed by atoms with E-state index in [-0.39, 0.29) is 12.3 Å². The largest absolute Gasteiger partial charge is 0.445 e. The highest BCUT2D eigenvalue weighted by atomic mass is 31.2. The van der Waals surface area contributed by atoms with Crippen molar-refractivity contribution in [3.63, 3.8) is 0 Å². The Balaban J connectivity index is 2.10. The minimum absolute atomic E-state index is 0.265. The van der Waals surface area contributed by atoms with Gasteiger partial charge in [0.25, 0.3) is 0 Å². The molecule has 4 N–H and O–H groups in total. The Bertz CT molecular complexity index is 596. The molecule has 0 aliphatic heterocycles. The van der Waals surface area contributed by atoms with Gasteiger partial charge in [-0.05, 0) is 31.7 Å². The summed E-state index contributed by atoms with van der Waals surface area (Å²) in [7, 11) is -4.63. The van der Waals surface area contributed by atoms with E-state index in [1.165, 1.54) is 6.92 Å². The molecule has 0 aromatic heterocycles. The first-order valence-corrected chi connectivity index (χ1v) is 9.93. The van der Waals surface area contributed by atoms with Gasteiger partial charge in [-0.3, -0.25) is 9.36 Å². The van der Waals surface area contributed by atoms with Crippen molar-refractivity contribution in [3.05, 3.63) is 35.9 Å². The molecule has 1 unspecified atom stereocenters. The Hall–Kier alpha value is -1.20. The maximum atomic E-state index is 12.4. The van der Waals surface area contributed by atoms with Gasteiger partial charge in [0.1, 0.15) is 6.04 Å². The van der Waals surface area contributed by atoms with Crippen LogP contribution in [0.2, 0.25) is 0 Å². The van der Waals surface area contributed by atoms with Crippen molar-refractivity contribution in [3.8, 4) is 0 Å². The molecule has 1 saturated carbocycles. The topological polar surface area (TPSA) is 110 Å². The third kappa shape index (κ3) is 4.45. The lowest BCUT2D eigenvalue weighted by atomic mass is 9.85. The normalized spacial score (nSPS) is 20.2. The van der Waals surface area contributed by atoms with E-state index >= 15 is 0 Å². The van der Waals surface area contributed by atoms with E-state index < -0.39 is 24.9 Å². The van der Waals surface area contributed by atoms with Crippen molar-refractivity contribution >= 4 is 13.6 Å². The first kappa shape index (κ1) is 19.1. The van der Waals surface area contributed by atoms with Crippen LogP contribution in [0.25, 0.3) is 0 Å². The second-order valence-electron chi connectivity index (χ2n) is 6.65. The molecular formula is C17H26NO5P. The molecule has 2 atom stereocenters. The van der Waals surface area contributed by atoms with Gasteiger partial charge in [-0.15, -0.1) is 0 Å². The highest BCUT2D eigenvalue weighted by Gasteiger charge is 2.52. The first-order chi connectivity index (χ1) is 11.2. The molecule has 0 radical (unpaired) electrons. The summed E-state index contributed by atoms with van der Waals surface area (Å²) < 4.78 is 17.4. The predicted molar refractivity (Wildman–Crippen MR) is 91.2 cm³/mol. The summed E-state index contributed by atoms with van der Waals surface area (Å²) in [6.07, 6.45) is 4.35. The maximum absolute atomic E-state index is 12.4. The van der Waals surface area contributed by atoms with Gasteiger partial charge in [0, 0.05) is 5.92 Å². The summed E-state index contributed by atoms with van der Waals surface area (Å²) in [4.78, 5) is 32.0. The van der Waals surface area contributed by atoms with Crippen LogP contribution in [0.1, 0.15) is 44.6 Å². The highest BCUT2D eigenvalue weighted by molar-refractivity contribution is 7.53. The van der Waals surface area contributed by atoms with Crippen LogP contribution >= 0.6 is 7.60 Å². The molecule has 24 heavy (non-hydrogen) atoms. The van der Waals surface area contributed by atoms with Crippen molar-refractivity contribution in [2.45, 2.75) is 56.8 Å². The average molecular weight is 355 g/mol. The fourth-order valence-electron chi connectivity index (χ4n) is 3.25. The molecule has 0 heterocycles. The van der Waals surface area contributed by atoms with E-state index in [2.05, 4.69) is 0 Å². The number of hydrogen-bond donors (Lipinski definition) is 3. The molecule has 2 rings (SSSR count). The van der Waals surface area contributed by atoms with Gasteiger partial charge >= 0.3 is 13.6 Å². The standard InChI is InChI=1S/C17H26NO5P/c1-17(24(20,21)22,14-10-6-3-7-11-14)23-16(19)15(18)12-13-8-4-2-5-9-13/h2,4-5,8-9,14-15H,3,6-7,10-12,18H2,1H3,(H2,20,21,22)/t15-,17?/m0/s1. The zero-order valence-corrected chi connectivity index (χ0v) is 14.8. The number of rotatable bonds is 6. The van der Waals surface area contributed by atoms with Gasteiger partial charge in [-0.1, -0.05) is 49.6 Å². The van der Waals surface area contributed by atoms with E-state index in [0.717, 1.165) is 24.8 Å². The maximum Gasteiger partial charge on any atom is 0.368 e. The fourth-order valence-corrected chi connectivity index (χ4v) is 4.19. The molecule has 1 fully saturated rings. The molecule has 134 valence electrons. The van der Waals surface area contributed by atoms with Gasteiger partial charge in [0.05, 0.1) is 0 Å². The smallest absolute Gasteiger partial charge is 0.368 e. The SMILES string of the molecule is CC(OC(=O)[C@@H](N)Cc1ccccc1)(C1CCCCC1)P(=O)(O)O. The minimum atomic E-state index is -4.63. The van der Waals surface area contributed by atoms with Gasteiger partial charge < -0.3 is 20.3 Å². The third-order valence-corrected chi connectivity index (χ3v) is 6.46. The Kier molecular flexibility index (Phi) is 6.21. The number of carbonyl (C=O) groups excluding carboxylic acids is 1. The Morgan fingerprint density at radius 1 is 1.29 bits per heavy atom. The molecule has 0 amide bonds. The van der Waals surface area contributed by atoms with E-state index in [1.807, 2.05) is 30.3 Å². The monoisotopic (exact) mass is 355 g/mol. The van der Waals surface area contributed by atoms with E-state index in [4.69, 9.17) is 10.5 Å². The van der Waals surface area contributed by atoms with Crippen molar-refractivity contribution in [2.24, 2.45) is 11.7 Å². The second-order valence-corrected chi connectivity index (χ2v) is 8.63. The summed E-state index contributed by atoms with van der Waals surface area (Å²) in [6, 6.07) is 8.28. The van der Waals surface area contributed by atoms with Crippen LogP contribution in [-0.4, -0.2) is 27.1 Å². The molecule has 1 aliphatic rings. The number of hydrogen-bond acceptors (Lipinski definition) is 4. The average Bonchev–Trinajstić information content (AvgIpc) is 2.55. The van der Waals surface area contributed by atoms with Gasteiger partial charge in [-0.25, -0.2) is 0 Å². The van der Waals surface area contributed by atoms with Crippen LogP contribution < -0.4 is 5.73 Å². The number of esters is 1. The van der Waals surface area contributed by atoms with E-state index in [0.29, 0.717) is 12.8 Å². The summed E-state index contributed by atoms with van der Waals surface area (Å²) >= 11 is 0. The van der Waals surface area contributed by atoms with Crippen LogP contribution in [-0.2, 0) is 20.5 Å². The number of ether oxygens (including phenoxy) is 1. The molecule has 0 bridgehead atoms. The molecule has 0 saturated heterocycles. The fraction of sp³-hybridized carbons (Fsp3) is 0.588. The Labute approximate surface area is 142 Å². The number of benzene rings is 1. The summed E-state index contributed by atoms with van der Waals surface area (Å²) in [6.45, 7) is 1.34. The minimum Gasteiger partial charge on any atom is -0.445 e. The van der Waals surface area contributed by atoms with Crippen molar-refractivity contribution in [1.29, 1.82) is 0 Å². The zero-order valence-electron chi connectivity index (χ0n) is 13.9. The van der Waals surface area contributed by atoms with E-state index in [1.54, 1.807) is 0 Å². The zero-order chi connectivity index (χ0) is 17.8. The predicted octanol–water partition coefficient (Wildman–Crippen LogP) is 2.57. The Morgan fingerprint density at radius 2 is 1.88 bits per heavy atom. The van der Waals surface area contributed by atoms with E-state index in [9.17, 15) is 19.1 Å². The van der Waals surface area contributed by atoms with Crippen molar-refractivity contribution in [1.82, 2.24) is 0 Å². The number of carbonyl (C=O) groups is 1. The lowest BCUT2D eigenvalue weighted by Gasteiger charge is -2.39. The quantitative estimate of drug-likeness (QED) is 0.534. The van der Waals surface area contributed by atoms with Crippen LogP contribution in [0.4, 0.5) is 0 Å². The first-order valence-electron chi connectivity index (χ1n) is 8.32. The van der Waals surface area contributed by atoms with Crippen molar-refractivity contribution in [2.75, 3.05) is 0 Å². The molecule has 1 aromatic rings. The molecular weight excluding hydrogens is 329 g/mol. The summed E-state index contributed by atoms with van der Waals surface area (Å²) in [5, 5.41) is -1.81. The molecule has 7 heteroatoms.